The molecule has 0 radical (unpaired) electrons. The van der Waals surface area contributed by atoms with E-state index in [1.807, 2.05) is 31.2 Å². The summed E-state index contributed by atoms with van der Waals surface area (Å²) in [6, 6.07) is 17.8. The number of hydrogen-bond acceptors (Lipinski definition) is 4. The van der Waals surface area contributed by atoms with Crippen LogP contribution in [0.4, 0.5) is 0 Å². The number of benzene rings is 2. The van der Waals surface area contributed by atoms with Crippen molar-refractivity contribution < 1.29 is 12.9 Å². The quantitative estimate of drug-likeness (QED) is 0.627. The molecule has 0 amide bonds. The van der Waals surface area contributed by atoms with E-state index in [-0.39, 0.29) is 18.0 Å². The van der Waals surface area contributed by atoms with Crippen molar-refractivity contribution in [2.45, 2.75) is 18.4 Å². The fourth-order valence-corrected chi connectivity index (χ4v) is 3.83. The Morgan fingerprint density at radius 2 is 1.81 bits per heavy atom. The summed E-state index contributed by atoms with van der Waals surface area (Å²) in [4.78, 5) is 0.188. The molecule has 132 valence electrons. The molecule has 0 fully saturated rings. The number of aryl methyl sites for hydroxylation is 1. The van der Waals surface area contributed by atoms with Gasteiger partial charge in [-0.1, -0.05) is 59.1 Å². The van der Waals surface area contributed by atoms with Gasteiger partial charge < -0.3 is 4.52 Å². The van der Waals surface area contributed by atoms with E-state index in [0.717, 1.165) is 11.1 Å². The molecule has 0 aliphatic heterocycles. The molecule has 5 nitrogen and oxygen atoms in total. The van der Waals surface area contributed by atoms with Gasteiger partial charge in [0.15, 0.2) is 5.76 Å². The highest BCUT2D eigenvalue weighted by atomic mass is 32.2. The standard InChI is InChI=1S/C20H18N2O3S/c1-3-13-22(26(23,24)19-7-5-4-6-8-19)15-18-14-20(21-25-18)17-11-9-16(2)10-12-17/h1,4-12,14H,13,15H2,2H3. The van der Waals surface area contributed by atoms with Gasteiger partial charge in [0, 0.05) is 11.6 Å². The van der Waals surface area contributed by atoms with E-state index >= 15 is 0 Å². The van der Waals surface area contributed by atoms with Crippen molar-refractivity contribution in [1.82, 2.24) is 9.46 Å². The Labute approximate surface area is 153 Å². The van der Waals surface area contributed by atoms with E-state index in [4.69, 9.17) is 10.9 Å². The van der Waals surface area contributed by atoms with Gasteiger partial charge in [0.2, 0.25) is 10.0 Å². The van der Waals surface area contributed by atoms with Gasteiger partial charge in [0.05, 0.1) is 18.0 Å². The van der Waals surface area contributed by atoms with Crippen LogP contribution in [0.3, 0.4) is 0 Å². The van der Waals surface area contributed by atoms with Crippen LogP contribution in [0.25, 0.3) is 11.3 Å². The van der Waals surface area contributed by atoms with E-state index < -0.39 is 10.0 Å². The zero-order chi connectivity index (χ0) is 18.6. The Kier molecular flexibility index (Phi) is 5.21. The molecule has 1 heterocycles. The number of hydrogen-bond donors (Lipinski definition) is 0. The highest BCUT2D eigenvalue weighted by Crippen LogP contribution is 2.22. The van der Waals surface area contributed by atoms with Gasteiger partial charge in [0.25, 0.3) is 0 Å². The Balaban J connectivity index is 1.85. The first-order valence-corrected chi connectivity index (χ1v) is 9.46. The Morgan fingerprint density at radius 1 is 1.12 bits per heavy atom. The Bertz CT molecular complexity index is 1020. The first-order chi connectivity index (χ1) is 12.5. The molecule has 1 aromatic heterocycles. The van der Waals surface area contributed by atoms with E-state index in [1.165, 1.54) is 16.4 Å². The lowest BCUT2D eigenvalue weighted by atomic mass is 10.1. The van der Waals surface area contributed by atoms with Crippen LogP contribution < -0.4 is 0 Å². The summed E-state index contributed by atoms with van der Waals surface area (Å²) in [6.07, 6.45) is 5.37. The van der Waals surface area contributed by atoms with E-state index in [1.54, 1.807) is 24.3 Å². The third-order valence-electron chi connectivity index (χ3n) is 3.89. The predicted molar refractivity (Wildman–Crippen MR) is 99.5 cm³/mol. The smallest absolute Gasteiger partial charge is 0.244 e. The normalized spacial score (nSPS) is 11.4. The Morgan fingerprint density at radius 3 is 2.46 bits per heavy atom. The van der Waals surface area contributed by atoms with Gasteiger partial charge in [-0.15, -0.1) is 6.42 Å². The van der Waals surface area contributed by atoms with Crippen molar-refractivity contribution in [3.63, 3.8) is 0 Å². The minimum Gasteiger partial charge on any atom is -0.359 e. The molecule has 0 unspecified atom stereocenters. The molecular weight excluding hydrogens is 348 g/mol. The lowest BCUT2D eigenvalue weighted by Gasteiger charge is -2.18. The number of rotatable bonds is 6. The maximum absolute atomic E-state index is 12.8. The maximum Gasteiger partial charge on any atom is 0.244 e. The highest BCUT2D eigenvalue weighted by Gasteiger charge is 2.25. The van der Waals surface area contributed by atoms with E-state index in [9.17, 15) is 8.42 Å². The van der Waals surface area contributed by atoms with Crippen LogP contribution in [0.2, 0.25) is 0 Å². The fourth-order valence-electron chi connectivity index (χ4n) is 2.49. The average Bonchev–Trinajstić information content (AvgIpc) is 3.11. The number of aromatic nitrogens is 1. The summed E-state index contributed by atoms with van der Waals surface area (Å²) in [5.74, 6) is 2.82. The molecule has 0 N–H and O–H groups in total. The SMILES string of the molecule is C#CCN(Cc1cc(-c2ccc(C)cc2)no1)S(=O)(=O)c1ccccc1. The number of sulfonamides is 1. The molecule has 0 bridgehead atoms. The minimum absolute atomic E-state index is 0.0142. The minimum atomic E-state index is -3.72. The summed E-state index contributed by atoms with van der Waals surface area (Å²) in [6.45, 7) is 1.96. The summed E-state index contributed by atoms with van der Waals surface area (Å²) in [5.41, 5.74) is 2.70. The molecule has 3 rings (SSSR count). The van der Waals surface area contributed by atoms with Crippen LogP contribution >= 0.6 is 0 Å². The van der Waals surface area contributed by atoms with Crippen molar-refractivity contribution in [3.8, 4) is 23.6 Å². The lowest BCUT2D eigenvalue weighted by Crippen LogP contribution is -2.30. The van der Waals surface area contributed by atoms with Crippen LogP contribution in [-0.2, 0) is 16.6 Å². The predicted octanol–water partition coefficient (Wildman–Crippen LogP) is 3.47. The molecule has 0 spiro atoms. The molecule has 0 saturated carbocycles. The third-order valence-corrected chi connectivity index (χ3v) is 5.69. The largest absolute Gasteiger partial charge is 0.359 e. The van der Waals surface area contributed by atoms with Crippen molar-refractivity contribution in [3.05, 3.63) is 72.0 Å². The lowest BCUT2D eigenvalue weighted by molar-refractivity contribution is 0.336. The molecule has 3 aromatic rings. The monoisotopic (exact) mass is 366 g/mol. The van der Waals surface area contributed by atoms with E-state index in [0.29, 0.717) is 11.5 Å². The zero-order valence-corrected chi connectivity index (χ0v) is 15.1. The molecular formula is C20H18N2O3S. The summed E-state index contributed by atoms with van der Waals surface area (Å²) in [5, 5.41) is 4.04. The van der Waals surface area contributed by atoms with Gasteiger partial charge in [-0.3, -0.25) is 0 Å². The van der Waals surface area contributed by atoms with Gasteiger partial charge in [0.1, 0.15) is 5.69 Å². The number of terminal acetylenes is 1. The van der Waals surface area contributed by atoms with Crippen molar-refractivity contribution in [2.24, 2.45) is 0 Å². The summed E-state index contributed by atoms with van der Waals surface area (Å²) >= 11 is 0. The van der Waals surface area contributed by atoms with Gasteiger partial charge in [-0.05, 0) is 19.1 Å². The molecule has 0 aliphatic rings. The second-order valence-corrected chi connectivity index (χ2v) is 7.77. The highest BCUT2D eigenvalue weighted by molar-refractivity contribution is 7.89. The van der Waals surface area contributed by atoms with Crippen LogP contribution in [0.1, 0.15) is 11.3 Å². The van der Waals surface area contributed by atoms with Gasteiger partial charge in [-0.25, -0.2) is 8.42 Å². The zero-order valence-electron chi connectivity index (χ0n) is 14.3. The fraction of sp³-hybridized carbons (Fsp3) is 0.150. The first kappa shape index (κ1) is 17.9. The van der Waals surface area contributed by atoms with Crippen molar-refractivity contribution in [2.75, 3.05) is 6.54 Å². The number of nitrogens with zero attached hydrogens (tertiary/aromatic N) is 2. The third kappa shape index (κ3) is 3.85. The topological polar surface area (TPSA) is 63.4 Å². The van der Waals surface area contributed by atoms with Crippen LogP contribution in [0.5, 0.6) is 0 Å². The Hall–Kier alpha value is -2.88. The van der Waals surface area contributed by atoms with E-state index in [2.05, 4.69) is 11.1 Å². The van der Waals surface area contributed by atoms with Crippen molar-refractivity contribution in [1.29, 1.82) is 0 Å². The summed E-state index contributed by atoms with van der Waals surface area (Å²) in [7, 11) is -3.72. The van der Waals surface area contributed by atoms with Crippen LogP contribution in [-0.4, -0.2) is 24.4 Å². The van der Waals surface area contributed by atoms with Crippen molar-refractivity contribution >= 4 is 10.0 Å². The second-order valence-electron chi connectivity index (χ2n) is 5.83. The summed E-state index contributed by atoms with van der Waals surface area (Å²) < 4.78 is 32.1. The maximum atomic E-state index is 12.8. The molecule has 0 saturated heterocycles. The van der Waals surface area contributed by atoms with Gasteiger partial charge in [-0.2, -0.15) is 4.31 Å². The molecule has 26 heavy (non-hydrogen) atoms. The molecule has 0 atom stereocenters. The second kappa shape index (κ2) is 7.56. The first-order valence-electron chi connectivity index (χ1n) is 8.02. The van der Waals surface area contributed by atoms with Crippen LogP contribution in [0, 0.1) is 19.3 Å². The van der Waals surface area contributed by atoms with Gasteiger partial charge >= 0.3 is 0 Å². The van der Waals surface area contributed by atoms with Crippen LogP contribution in [0.15, 0.2) is 70.1 Å². The molecule has 2 aromatic carbocycles. The molecule has 6 heteroatoms. The molecule has 0 aliphatic carbocycles. The average molecular weight is 366 g/mol.